The lowest BCUT2D eigenvalue weighted by molar-refractivity contribution is -0.211. The first-order valence-electron chi connectivity index (χ1n) is 6.31. The van der Waals surface area contributed by atoms with Crippen molar-refractivity contribution in [3.8, 4) is 0 Å². The van der Waals surface area contributed by atoms with Gasteiger partial charge in [-0.15, -0.1) is 0 Å². The van der Waals surface area contributed by atoms with Gasteiger partial charge < -0.3 is 10.2 Å². The maximum Gasteiger partial charge on any atom is 0.411 e. The Kier molecular flexibility index (Phi) is 2.88. The zero-order valence-corrected chi connectivity index (χ0v) is 11.1. The van der Waals surface area contributed by atoms with Gasteiger partial charge in [0.2, 0.25) is 11.8 Å². The van der Waals surface area contributed by atoms with Gasteiger partial charge in [0, 0.05) is 0 Å². The molecule has 0 aromatic rings. The van der Waals surface area contributed by atoms with Crippen molar-refractivity contribution in [2.75, 3.05) is 0 Å². The number of piperazine rings is 1. The minimum atomic E-state index is -4.50. The second-order valence-electron chi connectivity index (χ2n) is 5.56. The summed E-state index contributed by atoms with van der Waals surface area (Å²) in [6.45, 7) is 4.48. The highest BCUT2D eigenvalue weighted by atomic mass is 19.4. The molecule has 1 aliphatic carbocycles. The fraction of sp³-hybridized carbons (Fsp3) is 0.833. The van der Waals surface area contributed by atoms with Crippen LogP contribution < -0.4 is 5.32 Å². The summed E-state index contributed by atoms with van der Waals surface area (Å²) >= 11 is 0. The van der Waals surface area contributed by atoms with E-state index < -0.39 is 35.1 Å². The Morgan fingerprint density at radius 2 is 1.89 bits per heavy atom. The fourth-order valence-corrected chi connectivity index (χ4v) is 2.57. The standard InChI is InChI=1S/C12H17F3N2O2/c1-4-10(3)9(19)17(7(2)8(18)16-10)11(5-6-11)12(13,14)15/h7H,4-6H2,1-3H3,(H,16,18). The minimum Gasteiger partial charge on any atom is -0.340 e. The smallest absolute Gasteiger partial charge is 0.340 e. The van der Waals surface area contributed by atoms with E-state index in [0.717, 1.165) is 4.90 Å². The SMILES string of the molecule is CCC1(C)NC(=O)C(C)N(C2(C(F)(F)F)CC2)C1=O. The van der Waals surface area contributed by atoms with E-state index in [1.54, 1.807) is 6.92 Å². The number of hydrogen-bond donors (Lipinski definition) is 1. The molecule has 19 heavy (non-hydrogen) atoms. The average molecular weight is 278 g/mol. The van der Waals surface area contributed by atoms with Crippen LogP contribution in [0.25, 0.3) is 0 Å². The lowest BCUT2D eigenvalue weighted by Gasteiger charge is -2.47. The molecule has 0 aromatic carbocycles. The second kappa shape index (κ2) is 3.86. The first-order valence-corrected chi connectivity index (χ1v) is 6.31. The van der Waals surface area contributed by atoms with E-state index in [2.05, 4.69) is 5.32 Å². The molecular formula is C12H17F3N2O2. The van der Waals surface area contributed by atoms with Crippen LogP contribution in [-0.4, -0.2) is 40.0 Å². The van der Waals surface area contributed by atoms with Crippen molar-refractivity contribution in [2.24, 2.45) is 0 Å². The number of nitrogens with one attached hydrogen (secondary N) is 1. The predicted octanol–water partition coefficient (Wildman–Crippen LogP) is 1.60. The van der Waals surface area contributed by atoms with Crippen LogP contribution in [0.1, 0.15) is 40.0 Å². The van der Waals surface area contributed by atoms with Gasteiger partial charge in [0.25, 0.3) is 0 Å². The van der Waals surface area contributed by atoms with Gasteiger partial charge in [-0.3, -0.25) is 9.59 Å². The van der Waals surface area contributed by atoms with Crippen LogP contribution in [-0.2, 0) is 9.59 Å². The first kappa shape index (κ1) is 14.1. The van der Waals surface area contributed by atoms with Crippen molar-refractivity contribution < 1.29 is 22.8 Å². The van der Waals surface area contributed by atoms with E-state index in [9.17, 15) is 22.8 Å². The molecule has 1 aliphatic heterocycles. The van der Waals surface area contributed by atoms with Crippen LogP contribution in [0.2, 0.25) is 0 Å². The number of carbonyl (C=O) groups is 2. The number of halogens is 3. The highest BCUT2D eigenvalue weighted by Gasteiger charge is 2.71. The van der Waals surface area contributed by atoms with Crippen molar-refractivity contribution in [2.45, 2.75) is 63.3 Å². The molecule has 2 amide bonds. The summed E-state index contributed by atoms with van der Waals surface area (Å²) in [7, 11) is 0. The van der Waals surface area contributed by atoms with E-state index in [1.807, 2.05) is 0 Å². The molecule has 0 aromatic heterocycles. The lowest BCUT2D eigenvalue weighted by atomic mass is 9.90. The molecule has 2 fully saturated rings. The summed E-state index contributed by atoms with van der Waals surface area (Å²) in [6, 6.07) is -1.09. The topological polar surface area (TPSA) is 49.4 Å². The van der Waals surface area contributed by atoms with Gasteiger partial charge in [-0.05, 0) is 33.1 Å². The van der Waals surface area contributed by atoms with Crippen molar-refractivity contribution in [1.82, 2.24) is 10.2 Å². The molecule has 2 unspecified atom stereocenters. The summed E-state index contributed by atoms with van der Waals surface area (Å²) in [5.41, 5.74) is -3.39. The molecular weight excluding hydrogens is 261 g/mol. The molecule has 0 spiro atoms. The van der Waals surface area contributed by atoms with Gasteiger partial charge >= 0.3 is 6.18 Å². The minimum absolute atomic E-state index is 0.125. The number of carbonyl (C=O) groups excluding carboxylic acids is 2. The normalized spacial score (nSPS) is 34.2. The maximum atomic E-state index is 13.2. The van der Waals surface area contributed by atoms with Crippen LogP contribution in [0.15, 0.2) is 0 Å². The largest absolute Gasteiger partial charge is 0.411 e. The van der Waals surface area contributed by atoms with Gasteiger partial charge in [-0.2, -0.15) is 13.2 Å². The van der Waals surface area contributed by atoms with Crippen molar-refractivity contribution in [1.29, 1.82) is 0 Å². The number of alkyl halides is 3. The van der Waals surface area contributed by atoms with Crippen LogP contribution in [0, 0.1) is 0 Å². The lowest BCUT2D eigenvalue weighted by Crippen LogP contribution is -2.72. The van der Waals surface area contributed by atoms with Gasteiger partial charge in [-0.1, -0.05) is 6.92 Å². The van der Waals surface area contributed by atoms with Gasteiger partial charge in [-0.25, -0.2) is 0 Å². The third kappa shape index (κ3) is 1.81. The van der Waals surface area contributed by atoms with Gasteiger partial charge in [0.1, 0.15) is 17.1 Å². The summed E-state index contributed by atoms with van der Waals surface area (Å²) in [5, 5.41) is 2.53. The molecule has 7 heteroatoms. The van der Waals surface area contributed by atoms with Crippen molar-refractivity contribution in [3.63, 3.8) is 0 Å². The molecule has 0 bridgehead atoms. The summed E-state index contributed by atoms with van der Waals surface area (Å²) in [4.78, 5) is 25.0. The van der Waals surface area contributed by atoms with E-state index in [4.69, 9.17) is 0 Å². The predicted molar refractivity (Wildman–Crippen MR) is 61.2 cm³/mol. The number of amides is 2. The zero-order chi connectivity index (χ0) is 14.6. The number of nitrogens with zero attached hydrogens (tertiary/aromatic N) is 1. The van der Waals surface area contributed by atoms with E-state index >= 15 is 0 Å². The van der Waals surface area contributed by atoms with Crippen LogP contribution in [0.3, 0.4) is 0 Å². The fourth-order valence-electron chi connectivity index (χ4n) is 2.57. The second-order valence-corrected chi connectivity index (χ2v) is 5.56. The van der Waals surface area contributed by atoms with Crippen LogP contribution in [0.4, 0.5) is 13.2 Å². The van der Waals surface area contributed by atoms with E-state index in [-0.39, 0.29) is 19.3 Å². The molecule has 1 N–H and O–H groups in total. The number of hydrogen-bond acceptors (Lipinski definition) is 2. The summed E-state index contributed by atoms with van der Waals surface area (Å²) in [6.07, 6.45) is -4.49. The Morgan fingerprint density at radius 1 is 1.37 bits per heavy atom. The molecule has 2 atom stereocenters. The zero-order valence-electron chi connectivity index (χ0n) is 11.1. The Morgan fingerprint density at radius 3 is 2.26 bits per heavy atom. The first-order chi connectivity index (χ1) is 8.59. The van der Waals surface area contributed by atoms with Gasteiger partial charge in [0.05, 0.1) is 0 Å². The van der Waals surface area contributed by atoms with Crippen molar-refractivity contribution >= 4 is 11.8 Å². The van der Waals surface area contributed by atoms with E-state index in [0.29, 0.717) is 0 Å². The third-order valence-corrected chi connectivity index (χ3v) is 4.28. The molecule has 108 valence electrons. The molecule has 2 aliphatic rings. The monoisotopic (exact) mass is 278 g/mol. The summed E-state index contributed by atoms with van der Waals surface area (Å²) < 4.78 is 39.6. The highest BCUT2D eigenvalue weighted by molar-refractivity contribution is 6.00. The van der Waals surface area contributed by atoms with Crippen LogP contribution >= 0.6 is 0 Å². The van der Waals surface area contributed by atoms with Crippen LogP contribution in [0.5, 0.6) is 0 Å². The highest BCUT2D eigenvalue weighted by Crippen LogP contribution is 2.55. The molecule has 2 rings (SSSR count). The average Bonchev–Trinajstić information content (AvgIpc) is 3.07. The molecule has 0 radical (unpaired) electrons. The molecule has 1 heterocycles. The Labute approximate surface area is 109 Å². The Bertz CT molecular complexity index is 431. The quantitative estimate of drug-likeness (QED) is 0.834. The molecule has 1 saturated carbocycles. The molecule has 1 saturated heterocycles. The molecule has 4 nitrogen and oxygen atoms in total. The number of rotatable bonds is 2. The van der Waals surface area contributed by atoms with Crippen molar-refractivity contribution in [3.05, 3.63) is 0 Å². The third-order valence-electron chi connectivity index (χ3n) is 4.28. The van der Waals surface area contributed by atoms with E-state index in [1.165, 1.54) is 13.8 Å². The Balaban J connectivity index is 2.43. The summed E-state index contributed by atoms with van der Waals surface area (Å²) in [5.74, 6) is -1.17. The maximum absolute atomic E-state index is 13.2. The Hall–Kier alpha value is -1.27. The van der Waals surface area contributed by atoms with Gasteiger partial charge in [0.15, 0.2) is 0 Å².